The second-order valence-electron chi connectivity index (χ2n) is 7.74. The number of aromatic nitrogens is 1. The Balaban J connectivity index is 1.53. The normalized spacial score (nSPS) is 18.8. The van der Waals surface area contributed by atoms with Gasteiger partial charge in [0.15, 0.2) is 11.5 Å². The van der Waals surface area contributed by atoms with Crippen LogP contribution in [0.2, 0.25) is 0 Å². The van der Waals surface area contributed by atoms with Gasteiger partial charge in [0, 0.05) is 18.8 Å². The number of anilines is 1. The first-order chi connectivity index (χ1) is 14.5. The lowest BCUT2D eigenvalue weighted by Crippen LogP contribution is -2.34. The van der Waals surface area contributed by atoms with Crippen LogP contribution in [0.1, 0.15) is 51.1 Å². The molecule has 162 valence electrons. The van der Waals surface area contributed by atoms with Crippen molar-refractivity contribution in [3.63, 3.8) is 0 Å². The number of rotatable bonds is 7. The maximum absolute atomic E-state index is 12.6. The van der Waals surface area contributed by atoms with E-state index in [0.717, 1.165) is 55.1 Å². The van der Waals surface area contributed by atoms with Crippen LogP contribution in [-0.4, -0.2) is 39.2 Å². The van der Waals surface area contributed by atoms with E-state index >= 15 is 0 Å². The van der Waals surface area contributed by atoms with Gasteiger partial charge >= 0.3 is 0 Å². The molecule has 1 N–H and O–H groups in total. The Morgan fingerprint density at radius 2 is 1.90 bits per heavy atom. The van der Waals surface area contributed by atoms with Crippen LogP contribution in [0.15, 0.2) is 41.4 Å². The molecule has 1 atom stereocenters. The van der Waals surface area contributed by atoms with Gasteiger partial charge in [0.05, 0.1) is 6.04 Å². The molecule has 0 bridgehead atoms. The minimum Gasteiger partial charge on any atom is -0.486 e. The van der Waals surface area contributed by atoms with Gasteiger partial charge in [-0.2, -0.15) is 0 Å². The molecule has 1 fully saturated rings. The smallest absolute Gasteiger partial charge is 0.242 e. The summed E-state index contributed by atoms with van der Waals surface area (Å²) in [4.78, 5) is 6.93. The predicted molar refractivity (Wildman–Crippen MR) is 116 cm³/mol. The van der Waals surface area contributed by atoms with Crippen molar-refractivity contribution in [2.24, 2.45) is 0 Å². The van der Waals surface area contributed by atoms with Gasteiger partial charge in [-0.1, -0.05) is 19.9 Å². The topological polar surface area (TPSA) is 80.8 Å². The van der Waals surface area contributed by atoms with Crippen molar-refractivity contribution in [2.75, 3.05) is 24.7 Å². The number of nitrogens with one attached hydrogen (secondary N) is 1. The van der Waals surface area contributed by atoms with Crippen molar-refractivity contribution < 1.29 is 17.9 Å². The average Bonchev–Trinajstić information content (AvgIpc) is 3.27. The number of pyridine rings is 1. The van der Waals surface area contributed by atoms with Gasteiger partial charge in [-0.25, -0.2) is 18.1 Å². The largest absolute Gasteiger partial charge is 0.486 e. The molecule has 0 aliphatic carbocycles. The number of sulfonamides is 1. The molecule has 2 aromatic rings. The van der Waals surface area contributed by atoms with E-state index in [0.29, 0.717) is 13.2 Å². The first kappa shape index (κ1) is 20.9. The Morgan fingerprint density at radius 1 is 1.13 bits per heavy atom. The van der Waals surface area contributed by atoms with Gasteiger partial charge < -0.3 is 14.4 Å². The molecule has 0 spiro atoms. The SMILES string of the molecule is CCC(CC)NS(=O)(=O)c1ccc(N2CCCC2c2ccc3c(c2)OCCO3)nc1. The van der Waals surface area contributed by atoms with Crippen molar-refractivity contribution in [3.8, 4) is 11.5 Å². The molecule has 1 aromatic heterocycles. The van der Waals surface area contributed by atoms with Gasteiger partial charge in [0.25, 0.3) is 0 Å². The molecule has 30 heavy (non-hydrogen) atoms. The highest BCUT2D eigenvalue weighted by Crippen LogP contribution is 2.39. The minimum atomic E-state index is -3.56. The Kier molecular flexibility index (Phi) is 6.15. The molecule has 2 aliphatic rings. The molecule has 2 aliphatic heterocycles. The average molecular weight is 432 g/mol. The summed E-state index contributed by atoms with van der Waals surface area (Å²) in [6, 6.07) is 9.66. The molecule has 4 rings (SSSR count). The van der Waals surface area contributed by atoms with Crippen LogP contribution in [-0.2, 0) is 10.0 Å². The quantitative estimate of drug-likeness (QED) is 0.721. The van der Waals surface area contributed by atoms with Gasteiger partial charge in [-0.15, -0.1) is 0 Å². The van der Waals surface area contributed by atoms with Gasteiger partial charge in [0.1, 0.15) is 23.9 Å². The third kappa shape index (κ3) is 4.25. The van der Waals surface area contributed by atoms with Gasteiger partial charge in [-0.05, 0) is 55.5 Å². The molecular weight excluding hydrogens is 402 g/mol. The van der Waals surface area contributed by atoms with Crippen LogP contribution in [0.5, 0.6) is 11.5 Å². The van der Waals surface area contributed by atoms with Crippen LogP contribution >= 0.6 is 0 Å². The fraction of sp³-hybridized carbons (Fsp3) is 0.500. The van der Waals surface area contributed by atoms with E-state index in [-0.39, 0.29) is 17.0 Å². The van der Waals surface area contributed by atoms with Crippen molar-refractivity contribution in [1.29, 1.82) is 0 Å². The highest BCUT2D eigenvalue weighted by atomic mass is 32.2. The second kappa shape index (κ2) is 8.81. The van der Waals surface area contributed by atoms with Gasteiger partial charge in [0.2, 0.25) is 10.0 Å². The van der Waals surface area contributed by atoms with Crippen molar-refractivity contribution >= 4 is 15.8 Å². The third-order valence-electron chi connectivity index (χ3n) is 5.84. The van der Waals surface area contributed by atoms with Crippen LogP contribution in [0.4, 0.5) is 5.82 Å². The minimum absolute atomic E-state index is 0.0622. The van der Waals surface area contributed by atoms with Crippen LogP contribution in [0.3, 0.4) is 0 Å². The molecule has 7 nitrogen and oxygen atoms in total. The molecule has 1 unspecified atom stereocenters. The van der Waals surface area contributed by atoms with Crippen LogP contribution < -0.4 is 19.1 Å². The molecule has 3 heterocycles. The van der Waals surface area contributed by atoms with Crippen molar-refractivity contribution in [2.45, 2.75) is 56.5 Å². The number of hydrogen-bond acceptors (Lipinski definition) is 6. The fourth-order valence-corrected chi connectivity index (χ4v) is 5.45. The number of hydrogen-bond donors (Lipinski definition) is 1. The summed E-state index contributed by atoms with van der Waals surface area (Å²) in [5, 5.41) is 0. The number of ether oxygens (including phenoxy) is 2. The van der Waals surface area contributed by atoms with Crippen LogP contribution in [0, 0.1) is 0 Å². The standard InChI is InChI=1S/C22H29N3O4S/c1-3-17(4-2)24-30(26,27)18-8-10-22(23-15-18)25-11-5-6-19(25)16-7-9-20-21(14-16)29-13-12-28-20/h7-10,14-15,17,19,24H,3-6,11-13H2,1-2H3. The Hall–Kier alpha value is -2.32. The molecule has 8 heteroatoms. The zero-order valence-electron chi connectivity index (χ0n) is 17.5. The van der Waals surface area contributed by atoms with E-state index in [1.807, 2.05) is 19.9 Å². The maximum Gasteiger partial charge on any atom is 0.242 e. The van der Waals surface area contributed by atoms with E-state index in [1.54, 1.807) is 12.1 Å². The molecular formula is C22H29N3O4S. The fourth-order valence-electron chi connectivity index (χ4n) is 4.10. The van der Waals surface area contributed by atoms with Gasteiger partial charge in [-0.3, -0.25) is 0 Å². The summed E-state index contributed by atoms with van der Waals surface area (Å²) in [5.74, 6) is 2.36. The maximum atomic E-state index is 12.6. The predicted octanol–water partition coefficient (Wildman–Crippen LogP) is 3.66. The zero-order chi connectivity index (χ0) is 21.1. The van der Waals surface area contributed by atoms with Crippen molar-refractivity contribution in [1.82, 2.24) is 9.71 Å². The second-order valence-corrected chi connectivity index (χ2v) is 9.46. The summed E-state index contributed by atoms with van der Waals surface area (Å²) in [6.07, 6.45) is 5.03. The van der Waals surface area contributed by atoms with E-state index in [2.05, 4.69) is 26.7 Å². The Labute approximate surface area is 178 Å². The third-order valence-corrected chi connectivity index (χ3v) is 7.34. The Morgan fingerprint density at radius 3 is 2.60 bits per heavy atom. The molecule has 1 saturated heterocycles. The number of fused-ring (bicyclic) bond motifs is 1. The molecule has 0 amide bonds. The number of nitrogens with zero attached hydrogens (tertiary/aromatic N) is 2. The summed E-state index contributed by atoms with van der Waals surface area (Å²) in [7, 11) is -3.56. The lowest BCUT2D eigenvalue weighted by molar-refractivity contribution is 0.171. The highest BCUT2D eigenvalue weighted by Gasteiger charge is 2.29. The summed E-state index contributed by atoms with van der Waals surface area (Å²) >= 11 is 0. The lowest BCUT2D eigenvalue weighted by atomic mass is 10.0. The monoisotopic (exact) mass is 431 g/mol. The van der Waals surface area contributed by atoms with Crippen molar-refractivity contribution in [3.05, 3.63) is 42.1 Å². The molecule has 1 aromatic carbocycles. The van der Waals surface area contributed by atoms with E-state index in [9.17, 15) is 8.42 Å². The van der Waals surface area contributed by atoms with Crippen LogP contribution in [0.25, 0.3) is 0 Å². The Bertz CT molecular complexity index is 974. The summed E-state index contributed by atoms with van der Waals surface area (Å²) in [5.41, 5.74) is 1.16. The summed E-state index contributed by atoms with van der Waals surface area (Å²) in [6.45, 7) is 5.97. The van der Waals surface area contributed by atoms with E-state index in [4.69, 9.17) is 9.47 Å². The first-order valence-corrected chi connectivity index (χ1v) is 12.1. The molecule has 0 saturated carbocycles. The lowest BCUT2D eigenvalue weighted by Gasteiger charge is -2.27. The zero-order valence-corrected chi connectivity index (χ0v) is 18.3. The highest BCUT2D eigenvalue weighted by molar-refractivity contribution is 7.89. The summed E-state index contributed by atoms with van der Waals surface area (Å²) < 4.78 is 39.4. The van der Waals surface area contributed by atoms with E-state index in [1.165, 1.54) is 6.20 Å². The molecule has 0 radical (unpaired) electrons. The first-order valence-electron chi connectivity index (χ1n) is 10.7. The van der Waals surface area contributed by atoms with E-state index < -0.39 is 10.0 Å². The number of benzene rings is 1.